The topological polar surface area (TPSA) is 82.2 Å². The molecular weight excluding hydrogens is 403 g/mol. The van der Waals surface area contributed by atoms with Crippen molar-refractivity contribution in [3.63, 3.8) is 0 Å². The molecule has 10 heteroatoms. The zero-order chi connectivity index (χ0) is 21.3. The van der Waals surface area contributed by atoms with Crippen molar-refractivity contribution in [3.05, 3.63) is 40.8 Å². The van der Waals surface area contributed by atoms with E-state index in [1.54, 1.807) is 25.1 Å². The molecule has 0 radical (unpaired) electrons. The van der Waals surface area contributed by atoms with E-state index in [-0.39, 0.29) is 16.6 Å². The van der Waals surface area contributed by atoms with Crippen LogP contribution >= 0.6 is 11.6 Å². The number of imide groups is 1. The van der Waals surface area contributed by atoms with E-state index in [1.807, 2.05) is 0 Å². The highest BCUT2D eigenvalue weighted by molar-refractivity contribution is 6.31. The van der Waals surface area contributed by atoms with Gasteiger partial charge in [-0.15, -0.1) is 0 Å². The summed E-state index contributed by atoms with van der Waals surface area (Å²) < 4.78 is 18.5. The van der Waals surface area contributed by atoms with Gasteiger partial charge < -0.3 is 19.9 Å². The van der Waals surface area contributed by atoms with Crippen LogP contribution in [-0.2, 0) is 14.3 Å². The molecule has 2 heterocycles. The predicted octanol–water partition coefficient (Wildman–Crippen LogP) is 2.12. The molecule has 1 N–H and O–H groups in total. The summed E-state index contributed by atoms with van der Waals surface area (Å²) in [6.45, 7) is 0.870. The normalized spacial score (nSPS) is 21.4. The zero-order valence-corrected chi connectivity index (χ0v) is 17.1. The minimum absolute atomic E-state index is 0.115. The molecule has 0 aromatic heterocycles. The van der Waals surface area contributed by atoms with Gasteiger partial charge in [-0.25, -0.2) is 9.18 Å². The van der Waals surface area contributed by atoms with Gasteiger partial charge in [-0.3, -0.25) is 14.5 Å². The van der Waals surface area contributed by atoms with E-state index in [4.69, 9.17) is 16.3 Å². The second kappa shape index (κ2) is 8.38. The van der Waals surface area contributed by atoms with Crippen LogP contribution in [0.2, 0.25) is 5.02 Å². The van der Waals surface area contributed by atoms with Gasteiger partial charge in [0.25, 0.3) is 5.91 Å². The number of fused-ring (bicyclic) bond motifs is 1. The summed E-state index contributed by atoms with van der Waals surface area (Å²) in [7, 11) is 4.59. The van der Waals surface area contributed by atoms with Gasteiger partial charge in [0.05, 0.1) is 10.9 Å². The number of anilines is 1. The minimum Gasteiger partial charge on any atom is -0.385 e. The molecule has 0 saturated carbocycles. The van der Waals surface area contributed by atoms with Crippen molar-refractivity contribution < 1.29 is 23.5 Å². The Labute approximate surface area is 172 Å². The van der Waals surface area contributed by atoms with Crippen LogP contribution in [0.1, 0.15) is 6.42 Å². The predicted molar refractivity (Wildman–Crippen MR) is 105 cm³/mol. The van der Waals surface area contributed by atoms with Crippen LogP contribution in [0.4, 0.5) is 14.9 Å². The number of nitrogens with zero attached hydrogens (tertiary/aromatic N) is 3. The summed E-state index contributed by atoms with van der Waals surface area (Å²) >= 11 is 5.78. The quantitative estimate of drug-likeness (QED) is 0.707. The largest absolute Gasteiger partial charge is 0.385 e. The van der Waals surface area contributed by atoms with Gasteiger partial charge in [0.1, 0.15) is 17.7 Å². The average molecular weight is 425 g/mol. The monoisotopic (exact) mass is 424 g/mol. The van der Waals surface area contributed by atoms with Crippen LogP contribution in [0.25, 0.3) is 0 Å². The second-order valence-corrected chi connectivity index (χ2v) is 7.31. The number of methoxy groups -OCH3 is 1. The first-order valence-corrected chi connectivity index (χ1v) is 9.42. The van der Waals surface area contributed by atoms with E-state index in [0.717, 1.165) is 11.0 Å². The van der Waals surface area contributed by atoms with Crippen LogP contribution in [-0.4, -0.2) is 73.1 Å². The Morgan fingerprint density at radius 2 is 2.03 bits per heavy atom. The Morgan fingerprint density at radius 3 is 2.69 bits per heavy atom. The number of carbonyl (C=O) groups excluding carboxylic acids is 3. The van der Waals surface area contributed by atoms with Gasteiger partial charge >= 0.3 is 6.03 Å². The maximum absolute atomic E-state index is 13.4. The number of hydrogen-bond acceptors (Lipinski definition) is 5. The number of carbonyl (C=O) groups is 3. The highest BCUT2D eigenvalue weighted by Gasteiger charge is 2.50. The molecule has 2 unspecified atom stereocenters. The Hall–Kier alpha value is -2.65. The molecule has 0 spiro atoms. The van der Waals surface area contributed by atoms with E-state index in [2.05, 4.69) is 5.32 Å². The van der Waals surface area contributed by atoms with Crippen LogP contribution < -0.4 is 5.32 Å². The van der Waals surface area contributed by atoms with Crippen molar-refractivity contribution >= 4 is 35.1 Å². The number of hydrogen-bond donors (Lipinski definition) is 1. The highest BCUT2D eigenvalue weighted by atomic mass is 35.5. The molecule has 3 rings (SSSR count). The maximum atomic E-state index is 13.4. The Bertz CT molecular complexity index is 878. The number of rotatable bonds is 6. The molecule has 8 nitrogen and oxygen atoms in total. The summed E-state index contributed by atoms with van der Waals surface area (Å²) in [5, 5.41) is 2.56. The molecule has 0 aliphatic carbocycles. The lowest BCUT2D eigenvalue weighted by atomic mass is 10.0. The first-order valence-electron chi connectivity index (χ1n) is 9.04. The standard InChI is InChI=1S/C19H22ClFN4O4/c1-23-17-12(18(27)24(2)19(23)28)10-15(25(17)7-4-8-29-3)16(26)22-11-5-6-14(21)13(20)9-11/h5-6,9-10,12,17H,4,7-8H2,1-3H3,(H,22,26). The third-order valence-corrected chi connectivity index (χ3v) is 5.34. The first kappa shape index (κ1) is 21.1. The second-order valence-electron chi connectivity index (χ2n) is 6.90. The zero-order valence-electron chi connectivity index (χ0n) is 16.3. The van der Waals surface area contributed by atoms with Crippen molar-refractivity contribution in [3.8, 4) is 0 Å². The lowest BCUT2D eigenvalue weighted by Gasteiger charge is -2.43. The number of amides is 4. The van der Waals surface area contributed by atoms with Gasteiger partial charge in [0.15, 0.2) is 0 Å². The van der Waals surface area contributed by atoms with Gasteiger partial charge in [-0.1, -0.05) is 11.6 Å². The van der Waals surface area contributed by atoms with Crippen LogP contribution in [0.5, 0.6) is 0 Å². The van der Waals surface area contributed by atoms with Gasteiger partial charge in [-0.2, -0.15) is 0 Å². The molecule has 156 valence electrons. The molecule has 1 aromatic rings. The molecule has 29 heavy (non-hydrogen) atoms. The van der Waals surface area contributed by atoms with E-state index in [0.29, 0.717) is 25.3 Å². The fraction of sp³-hybridized carbons (Fsp3) is 0.421. The molecule has 1 aromatic carbocycles. The lowest BCUT2D eigenvalue weighted by molar-refractivity contribution is -0.137. The molecule has 4 amide bonds. The van der Waals surface area contributed by atoms with E-state index in [1.165, 1.54) is 24.1 Å². The van der Waals surface area contributed by atoms with Gasteiger partial charge in [0.2, 0.25) is 5.91 Å². The van der Waals surface area contributed by atoms with E-state index in [9.17, 15) is 18.8 Å². The third-order valence-electron chi connectivity index (χ3n) is 5.05. The minimum atomic E-state index is -0.664. The summed E-state index contributed by atoms with van der Waals surface area (Å²) in [4.78, 5) is 42.2. The highest BCUT2D eigenvalue weighted by Crippen LogP contribution is 2.35. The summed E-state index contributed by atoms with van der Waals surface area (Å²) in [5.74, 6) is -2.10. The number of nitrogens with one attached hydrogen (secondary N) is 1. The fourth-order valence-corrected chi connectivity index (χ4v) is 3.79. The summed E-state index contributed by atoms with van der Waals surface area (Å²) in [6, 6.07) is 3.42. The number of ether oxygens (including phenoxy) is 1. The van der Waals surface area contributed by atoms with Crippen molar-refractivity contribution in [2.75, 3.05) is 39.7 Å². The lowest BCUT2D eigenvalue weighted by Crippen LogP contribution is -2.62. The van der Waals surface area contributed by atoms with Crippen molar-refractivity contribution in [1.29, 1.82) is 0 Å². The van der Waals surface area contributed by atoms with Crippen molar-refractivity contribution in [1.82, 2.24) is 14.7 Å². The Kier molecular flexibility index (Phi) is 6.09. The fourth-order valence-electron chi connectivity index (χ4n) is 3.61. The average Bonchev–Trinajstić information content (AvgIpc) is 3.07. The van der Waals surface area contributed by atoms with Crippen molar-refractivity contribution in [2.45, 2.75) is 12.6 Å². The Morgan fingerprint density at radius 1 is 1.31 bits per heavy atom. The third kappa shape index (κ3) is 3.92. The maximum Gasteiger partial charge on any atom is 0.327 e. The molecule has 2 aliphatic rings. The van der Waals surface area contributed by atoms with Crippen LogP contribution in [0, 0.1) is 11.7 Å². The molecular formula is C19H22ClFN4O4. The molecule has 0 bridgehead atoms. The molecule has 1 saturated heterocycles. The van der Waals surface area contributed by atoms with Crippen molar-refractivity contribution in [2.24, 2.45) is 5.92 Å². The van der Waals surface area contributed by atoms with E-state index < -0.39 is 29.8 Å². The van der Waals surface area contributed by atoms with Gasteiger partial charge in [-0.05, 0) is 30.7 Å². The van der Waals surface area contributed by atoms with Crippen LogP contribution in [0.15, 0.2) is 30.0 Å². The van der Waals surface area contributed by atoms with Gasteiger partial charge in [0, 0.05) is 40.0 Å². The summed E-state index contributed by atoms with van der Waals surface area (Å²) in [6.07, 6.45) is 1.57. The van der Waals surface area contributed by atoms with E-state index >= 15 is 0 Å². The molecule has 2 atom stereocenters. The smallest absolute Gasteiger partial charge is 0.327 e. The van der Waals surface area contributed by atoms with Crippen LogP contribution in [0.3, 0.4) is 0 Å². The first-order chi connectivity index (χ1) is 13.8. The Balaban J connectivity index is 1.89. The number of halogens is 2. The number of benzene rings is 1. The SMILES string of the molecule is COCCCN1C(C(=O)Nc2ccc(F)c(Cl)c2)=CC2C(=O)N(C)C(=O)N(C)C21. The number of urea groups is 1. The molecule has 1 fully saturated rings. The summed E-state index contributed by atoms with van der Waals surface area (Å²) in [5.41, 5.74) is 0.585. The molecule has 2 aliphatic heterocycles.